The van der Waals surface area contributed by atoms with Gasteiger partial charge in [0.25, 0.3) is 0 Å². The van der Waals surface area contributed by atoms with Gasteiger partial charge in [-0.25, -0.2) is 0 Å². The van der Waals surface area contributed by atoms with Crippen LogP contribution in [0.1, 0.15) is 71.1 Å². The first-order chi connectivity index (χ1) is 9.77. The molecule has 0 amide bonds. The van der Waals surface area contributed by atoms with Gasteiger partial charge in [-0.3, -0.25) is 0 Å². The van der Waals surface area contributed by atoms with Crippen LogP contribution in [-0.2, 0) is 4.79 Å². The molecule has 3 heteroatoms. The number of allylic oxidation sites excluding steroid dienone is 6. The fourth-order valence-corrected chi connectivity index (χ4v) is 1.86. The number of carbonyl (C=O) groups is 1. The average Bonchev–Trinajstić information content (AvgIpc) is 2.43. The Hall–Kier alpha value is 0.326. The summed E-state index contributed by atoms with van der Waals surface area (Å²) in [5, 5.41) is 10.2. The summed E-state index contributed by atoms with van der Waals surface area (Å²) in [5.41, 5.74) is 0. The van der Waals surface area contributed by atoms with E-state index >= 15 is 0 Å². The zero-order valence-corrected chi connectivity index (χ0v) is 17.0. The normalized spacial score (nSPS) is 11.5. The number of aliphatic carboxylic acids is 1. The second-order valence-electron chi connectivity index (χ2n) is 5.06. The van der Waals surface area contributed by atoms with Crippen LogP contribution in [0.2, 0.25) is 0 Å². The smallest absolute Gasteiger partial charge is 0.550 e. The number of carboxylic acid groups (broad SMARTS) is 1. The topological polar surface area (TPSA) is 40.1 Å². The van der Waals surface area contributed by atoms with Crippen LogP contribution >= 0.6 is 0 Å². The molecule has 0 saturated heterocycles. The Balaban J connectivity index is 0. The number of carbonyl (C=O) groups excluding carboxylic acids is 1. The first-order valence-corrected chi connectivity index (χ1v) is 7.95. The minimum Gasteiger partial charge on any atom is -0.550 e. The molecule has 0 atom stereocenters. The summed E-state index contributed by atoms with van der Waals surface area (Å²) in [7, 11) is 0. The number of carboxylic acids is 1. The van der Waals surface area contributed by atoms with E-state index in [0.717, 1.165) is 25.7 Å². The van der Waals surface area contributed by atoms with Gasteiger partial charge in [-0.05, 0) is 32.1 Å². The molecule has 2 nitrogen and oxygen atoms in total. The quantitative estimate of drug-likeness (QED) is 0.292. The van der Waals surface area contributed by atoms with Crippen molar-refractivity contribution in [1.29, 1.82) is 0 Å². The largest absolute Gasteiger partial charge is 1.00 e. The van der Waals surface area contributed by atoms with Crippen LogP contribution in [0.4, 0.5) is 0 Å². The van der Waals surface area contributed by atoms with Gasteiger partial charge in [-0.1, -0.05) is 75.5 Å². The van der Waals surface area contributed by atoms with Crippen LogP contribution in [-0.4, -0.2) is 5.97 Å². The van der Waals surface area contributed by atoms with E-state index in [9.17, 15) is 9.90 Å². The number of unbranched alkanes of at least 4 members (excludes halogenated alkanes) is 7. The molecular formula is C18H29KO2. The molecule has 21 heavy (non-hydrogen) atoms. The van der Waals surface area contributed by atoms with Gasteiger partial charge < -0.3 is 9.90 Å². The van der Waals surface area contributed by atoms with Gasteiger partial charge in [-0.2, -0.15) is 0 Å². The molecule has 0 radical (unpaired) electrons. The van der Waals surface area contributed by atoms with Crippen molar-refractivity contribution in [2.75, 3.05) is 0 Å². The monoisotopic (exact) mass is 316 g/mol. The van der Waals surface area contributed by atoms with Crippen LogP contribution in [0, 0.1) is 0 Å². The van der Waals surface area contributed by atoms with Gasteiger partial charge in [0.15, 0.2) is 0 Å². The van der Waals surface area contributed by atoms with Gasteiger partial charge in [0.2, 0.25) is 0 Å². The maximum absolute atomic E-state index is 10.2. The van der Waals surface area contributed by atoms with E-state index in [2.05, 4.69) is 43.4 Å². The van der Waals surface area contributed by atoms with Crippen molar-refractivity contribution < 1.29 is 61.3 Å². The van der Waals surface area contributed by atoms with Crippen molar-refractivity contribution in [1.82, 2.24) is 0 Å². The molecule has 0 bridgehead atoms. The molecule has 0 N–H and O–H groups in total. The van der Waals surface area contributed by atoms with E-state index in [1.807, 2.05) is 0 Å². The van der Waals surface area contributed by atoms with Gasteiger partial charge >= 0.3 is 51.4 Å². The third-order valence-electron chi connectivity index (χ3n) is 3.08. The summed E-state index contributed by atoms with van der Waals surface area (Å²) >= 11 is 0. The minimum absolute atomic E-state index is 0. The van der Waals surface area contributed by atoms with Crippen LogP contribution in [0.25, 0.3) is 0 Å². The fraction of sp³-hybridized carbons (Fsp3) is 0.611. The van der Waals surface area contributed by atoms with Crippen molar-refractivity contribution in [3.8, 4) is 0 Å². The van der Waals surface area contributed by atoms with Crippen molar-refractivity contribution in [2.45, 2.75) is 71.1 Å². The van der Waals surface area contributed by atoms with Crippen molar-refractivity contribution >= 4 is 5.97 Å². The Morgan fingerprint density at radius 1 is 0.810 bits per heavy atom. The zero-order valence-electron chi connectivity index (χ0n) is 13.9. The summed E-state index contributed by atoms with van der Waals surface area (Å²) in [4.78, 5) is 10.2. The van der Waals surface area contributed by atoms with Crippen molar-refractivity contribution in [3.05, 3.63) is 36.5 Å². The second kappa shape index (κ2) is 20.3. The summed E-state index contributed by atoms with van der Waals surface area (Å²) in [5.74, 6) is -0.927. The molecule has 0 aliphatic rings. The Labute approximate surface area is 173 Å². The molecule has 0 aliphatic carbocycles. The van der Waals surface area contributed by atoms with E-state index in [1.165, 1.54) is 32.1 Å². The fourth-order valence-electron chi connectivity index (χ4n) is 1.86. The molecule has 0 fully saturated rings. The maximum atomic E-state index is 10.2. The summed E-state index contributed by atoms with van der Waals surface area (Å²) in [6.07, 6.45) is 23.0. The predicted octanol–water partition coefficient (Wildman–Crippen LogP) is 1.33. The van der Waals surface area contributed by atoms with Crippen LogP contribution in [0.3, 0.4) is 0 Å². The standard InChI is InChI=1S/C18H30O2.K/c1-2-3-4-5-6-7-8-9-10-11-12-13-14-15-16-17-18(19)20;/h5-10H,2-4,11-17H2,1H3,(H,19,20);/q;+1/p-1. The maximum Gasteiger partial charge on any atom is 1.00 e. The number of hydrogen-bond donors (Lipinski definition) is 0. The Kier molecular flexibility index (Phi) is 22.8. The van der Waals surface area contributed by atoms with Gasteiger partial charge in [0.05, 0.1) is 0 Å². The molecule has 114 valence electrons. The van der Waals surface area contributed by atoms with E-state index in [0.29, 0.717) is 0 Å². The number of rotatable bonds is 13. The van der Waals surface area contributed by atoms with Crippen LogP contribution in [0.5, 0.6) is 0 Å². The molecule has 0 unspecified atom stereocenters. The number of hydrogen-bond acceptors (Lipinski definition) is 2. The van der Waals surface area contributed by atoms with Crippen molar-refractivity contribution in [3.63, 3.8) is 0 Å². The first kappa shape index (κ1) is 23.6. The van der Waals surface area contributed by atoms with Gasteiger partial charge in [0.1, 0.15) is 0 Å². The Morgan fingerprint density at radius 3 is 1.90 bits per heavy atom. The minimum atomic E-state index is -0.927. The SMILES string of the molecule is CCCCC=CC=CC=CCCCCCCCC(=O)[O-].[K+]. The zero-order chi connectivity index (χ0) is 14.9. The van der Waals surface area contributed by atoms with Gasteiger partial charge in [-0.15, -0.1) is 0 Å². The molecule has 0 saturated carbocycles. The molecule has 0 rings (SSSR count). The van der Waals surface area contributed by atoms with E-state index < -0.39 is 5.97 Å². The summed E-state index contributed by atoms with van der Waals surface area (Å²) < 4.78 is 0. The second-order valence-corrected chi connectivity index (χ2v) is 5.06. The van der Waals surface area contributed by atoms with E-state index in [4.69, 9.17) is 0 Å². The van der Waals surface area contributed by atoms with E-state index in [1.54, 1.807) is 0 Å². The Bertz CT molecular complexity index is 306. The van der Waals surface area contributed by atoms with E-state index in [-0.39, 0.29) is 57.8 Å². The molecule has 0 aliphatic heterocycles. The van der Waals surface area contributed by atoms with Crippen molar-refractivity contribution in [2.24, 2.45) is 0 Å². The molecule has 0 aromatic heterocycles. The first-order valence-electron chi connectivity index (χ1n) is 7.95. The predicted molar refractivity (Wildman–Crippen MR) is 84.3 cm³/mol. The van der Waals surface area contributed by atoms with Crippen LogP contribution in [0.15, 0.2) is 36.5 Å². The third kappa shape index (κ3) is 22.7. The van der Waals surface area contributed by atoms with Gasteiger partial charge in [0, 0.05) is 5.97 Å². The summed E-state index contributed by atoms with van der Waals surface area (Å²) in [6, 6.07) is 0. The average molecular weight is 317 g/mol. The third-order valence-corrected chi connectivity index (χ3v) is 3.08. The summed E-state index contributed by atoms with van der Waals surface area (Å²) in [6.45, 7) is 2.20. The molecule has 0 aromatic carbocycles. The molecule has 0 spiro atoms. The Morgan fingerprint density at radius 2 is 1.33 bits per heavy atom. The molecular weight excluding hydrogens is 287 g/mol. The van der Waals surface area contributed by atoms with Crippen LogP contribution < -0.4 is 56.5 Å². The molecule has 0 aromatic rings. The molecule has 0 heterocycles.